The smallest absolute Gasteiger partial charge is 0.317 e. The molecule has 2 aromatic carbocycles. The maximum Gasteiger partial charge on any atom is 0.317 e. The Morgan fingerprint density at radius 3 is 2.20 bits per heavy atom. The first-order chi connectivity index (χ1) is 12.0. The van der Waals surface area contributed by atoms with Gasteiger partial charge < -0.3 is 4.74 Å². The van der Waals surface area contributed by atoms with E-state index in [0.29, 0.717) is 18.4 Å². The number of carbonyl (C=O) groups is 2. The summed E-state index contributed by atoms with van der Waals surface area (Å²) in [7, 11) is 0. The summed E-state index contributed by atoms with van der Waals surface area (Å²) in [6, 6.07) is 14.8. The van der Waals surface area contributed by atoms with Crippen LogP contribution in [0, 0.1) is 5.82 Å². The van der Waals surface area contributed by atoms with Gasteiger partial charge in [0.15, 0.2) is 6.10 Å². The van der Waals surface area contributed by atoms with Gasteiger partial charge in [0.05, 0.1) is 5.41 Å². The Morgan fingerprint density at radius 1 is 1.00 bits per heavy atom. The van der Waals surface area contributed by atoms with Crippen LogP contribution in [0.2, 0.25) is 0 Å². The molecule has 0 bridgehead atoms. The fourth-order valence-corrected chi connectivity index (χ4v) is 3.52. The lowest BCUT2D eigenvalue weighted by Crippen LogP contribution is -2.38. The van der Waals surface area contributed by atoms with Crippen molar-refractivity contribution in [3.8, 4) is 0 Å². The van der Waals surface area contributed by atoms with Gasteiger partial charge in [0.1, 0.15) is 5.82 Å². The zero-order valence-electron chi connectivity index (χ0n) is 14.2. The molecule has 2 aromatic rings. The highest BCUT2D eigenvalue weighted by Gasteiger charge is 2.45. The van der Waals surface area contributed by atoms with Gasteiger partial charge in [-0.25, -0.2) is 4.39 Å². The number of Topliss-reactive ketones (excluding diaryl/α,β-unsaturated/α-hetero) is 1. The number of hydrogen-bond donors (Lipinski definition) is 0. The van der Waals surface area contributed by atoms with Crippen molar-refractivity contribution < 1.29 is 18.7 Å². The molecule has 1 fully saturated rings. The Bertz CT molecular complexity index is 746. The van der Waals surface area contributed by atoms with E-state index in [1.54, 1.807) is 43.3 Å². The van der Waals surface area contributed by atoms with Crippen LogP contribution in [-0.2, 0) is 14.9 Å². The number of ketones is 1. The van der Waals surface area contributed by atoms with Crippen LogP contribution >= 0.6 is 0 Å². The van der Waals surface area contributed by atoms with Crippen LogP contribution in [0.25, 0.3) is 0 Å². The minimum atomic E-state index is -0.854. The molecule has 1 unspecified atom stereocenters. The minimum absolute atomic E-state index is 0.221. The number of esters is 1. The Balaban J connectivity index is 1.80. The molecule has 0 radical (unpaired) electrons. The second-order valence-corrected chi connectivity index (χ2v) is 6.57. The first-order valence-electron chi connectivity index (χ1n) is 8.59. The monoisotopic (exact) mass is 340 g/mol. The molecule has 1 atom stereocenters. The van der Waals surface area contributed by atoms with Crippen molar-refractivity contribution in [2.75, 3.05) is 0 Å². The highest BCUT2D eigenvalue weighted by Crippen LogP contribution is 2.42. The van der Waals surface area contributed by atoms with Crippen molar-refractivity contribution >= 4 is 11.8 Å². The maximum absolute atomic E-state index is 13.2. The number of benzene rings is 2. The fourth-order valence-electron chi connectivity index (χ4n) is 3.52. The summed E-state index contributed by atoms with van der Waals surface area (Å²) >= 11 is 0. The predicted octanol–water partition coefficient (Wildman–Crippen LogP) is 4.45. The van der Waals surface area contributed by atoms with Crippen LogP contribution in [0.3, 0.4) is 0 Å². The van der Waals surface area contributed by atoms with E-state index in [0.717, 1.165) is 18.4 Å². The Labute approximate surface area is 146 Å². The molecule has 3 nitrogen and oxygen atoms in total. The molecule has 0 spiro atoms. The third-order valence-corrected chi connectivity index (χ3v) is 4.96. The van der Waals surface area contributed by atoms with E-state index in [-0.39, 0.29) is 11.6 Å². The number of hydrogen-bond acceptors (Lipinski definition) is 3. The summed E-state index contributed by atoms with van der Waals surface area (Å²) in [6.45, 7) is 1.60. The summed E-state index contributed by atoms with van der Waals surface area (Å²) in [5.41, 5.74) is 0.500. The van der Waals surface area contributed by atoms with Gasteiger partial charge in [-0.2, -0.15) is 0 Å². The third-order valence-electron chi connectivity index (χ3n) is 4.96. The van der Waals surface area contributed by atoms with E-state index < -0.39 is 17.5 Å². The van der Waals surface area contributed by atoms with Gasteiger partial charge in [-0.15, -0.1) is 0 Å². The van der Waals surface area contributed by atoms with E-state index >= 15 is 0 Å². The van der Waals surface area contributed by atoms with Crippen molar-refractivity contribution in [3.63, 3.8) is 0 Å². The SMILES string of the molecule is CC(OC(=O)C1(c2ccc(F)cc2)CCCC1)C(=O)c1ccccc1. The molecule has 0 amide bonds. The lowest BCUT2D eigenvalue weighted by Gasteiger charge is -2.28. The van der Waals surface area contributed by atoms with Crippen molar-refractivity contribution in [1.82, 2.24) is 0 Å². The molecule has 0 saturated heterocycles. The number of carbonyl (C=O) groups excluding carboxylic acids is 2. The van der Waals surface area contributed by atoms with Crippen molar-refractivity contribution in [2.24, 2.45) is 0 Å². The first-order valence-corrected chi connectivity index (χ1v) is 8.59. The Hall–Kier alpha value is -2.49. The van der Waals surface area contributed by atoms with Crippen molar-refractivity contribution in [1.29, 1.82) is 0 Å². The van der Waals surface area contributed by atoms with Crippen molar-refractivity contribution in [2.45, 2.75) is 44.1 Å². The van der Waals surface area contributed by atoms with Crippen LogP contribution in [0.1, 0.15) is 48.5 Å². The molecule has 1 aliphatic rings. The highest BCUT2D eigenvalue weighted by molar-refractivity contribution is 6.00. The molecule has 0 aromatic heterocycles. The van der Waals surface area contributed by atoms with E-state index in [2.05, 4.69) is 0 Å². The van der Waals surface area contributed by atoms with Gasteiger partial charge in [-0.3, -0.25) is 9.59 Å². The lowest BCUT2D eigenvalue weighted by atomic mass is 9.79. The van der Waals surface area contributed by atoms with Gasteiger partial charge in [-0.05, 0) is 37.5 Å². The van der Waals surface area contributed by atoms with Crippen molar-refractivity contribution in [3.05, 3.63) is 71.5 Å². The standard InChI is InChI=1S/C21H21FO3/c1-15(19(23)16-7-3-2-4-8-16)25-20(24)21(13-5-6-14-21)17-9-11-18(22)12-10-17/h2-4,7-12,15H,5-6,13-14H2,1H3. The molecule has 0 aliphatic heterocycles. The van der Waals surface area contributed by atoms with E-state index in [1.807, 2.05) is 6.07 Å². The van der Waals surface area contributed by atoms with Crippen LogP contribution < -0.4 is 0 Å². The summed E-state index contributed by atoms with van der Waals surface area (Å²) in [5.74, 6) is -0.951. The maximum atomic E-state index is 13.2. The first kappa shape index (κ1) is 17.3. The van der Waals surface area contributed by atoms with E-state index in [9.17, 15) is 14.0 Å². The van der Waals surface area contributed by atoms with Crippen LogP contribution in [0.4, 0.5) is 4.39 Å². The van der Waals surface area contributed by atoms with Crippen LogP contribution in [0.15, 0.2) is 54.6 Å². The number of halogens is 1. The molecule has 3 rings (SSSR count). The molecule has 1 aliphatic carbocycles. The zero-order valence-corrected chi connectivity index (χ0v) is 14.2. The Kier molecular flexibility index (Phi) is 4.98. The predicted molar refractivity (Wildman–Crippen MR) is 92.9 cm³/mol. The topological polar surface area (TPSA) is 43.4 Å². The summed E-state index contributed by atoms with van der Waals surface area (Å²) in [4.78, 5) is 25.4. The van der Waals surface area contributed by atoms with Gasteiger partial charge in [0.25, 0.3) is 0 Å². The number of ether oxygens (including phenoxy) is 1. The summed E-state index contributed by atoms with van der Waals surface area (Å²) in [6.07, 6.45) is 2.28. The molecular formula is C21H21FO3. The molecule has 130 valence electrons. The third kappa shape index (κ3) is 3.48. The van der Waals surface area contributed by atoms with E-state index in [1.165, 1.54) is 12.1 Å². The van der Waals surface area contributed by atoms with Gasteiger partial charge >= 0.3 is 5.97 Å². The normalized spacial score (nSPS) is 17.0. The van der Waals surface area contributed by atoms with E-state index in [4.69, 9.17) is 4.74 Å². The second-order valence-electron chi connectivity index (χ2n) is 6.57. The average Bonchev–Trinajstić information content (AvgIpc) is 3.13. The molecule has 0 N–H and O–H groups in total. The van der Waals surface area contributed by atoms with Gasteiger partial charge in [-0.1, -0.05) is 55.3 Å². The summed E-state index contributed by atoms with van der Waals surface area (Å²) < 4.78 is 18.8. The second kappa shape index (κ2) is 7.18. The Morgan fingerprint density at radius 2 is 1.60 bits per heavy atom. The van der Waals surface area contributed by atoms with Crippen LogP contribution in [0.5, 0.6) is 0 Å². The largest absolute Gasteiger partial charge is 0.454 e. The quantitative estimate of drug-likeness (QED) is 0.596. The molecule has 0 heterocycles. The molecule has 1 saturated carbocycles. The molecule has 4 heteroatoms. The fraction of sp³-hybridized carbons (Fsp3) is 0.333. The minimum Gasteiger partial charge on any atom is -0.454 e. The van der Waals surface area contributed by atoms with Crippen LogP contribution in [-0.4, -0.2) is 17.9 Å². The number of rotatable bonds is 5. The zero-order chi connectivity index (χ0) is 17.9. The summed E-state index contributed by atoms with van der Waals surface area (Å²) in [5, 5.41) is 0. The lowest BCUT2D eigenvalue weighted by molar-refractivity contribution is -0.153. The molecule has 25 heavy (non-hydrogen) atoms. The molecular weight excluding hydrogens is 319 g/mol. The average molecular weight is 340 g/mol. The van der Waals surface area contributed by atoms with Gasteiger partial charge in [0, 0.05) is 5.56 Å². The van der Waals surface area contributed by atoms with Gasteiger partial charge in [0.2, 0.25) is 5.78 Å². The highest BCUT2D eigenvalue weighted by atomic mass is 19.1.